The van der Waals surface area contributed by atoms with E-state index >= 15 is 0 Å². The molecule has 0 aliphatic heterocycles. The first-order valence-electron chi connectivity index (χ1n) is 18.3. The molecule has 9 nitrogen and oxygen atoms in total. The van der Waals surface area contributed by atoms with Crippen molar-refractivity contribution in [2.75, 3.05) is 18.6 Å². The van der Waals surface area contributed by atoms with Gasteiger partial charge in [-0.25, -0.2) is 4.79 Å². The number of rotatable bonds is 10. The Morgan fingerprint density at radius 3 is 2.35 bits per heavy atom. The molecule has 1 spiro atoms. The average Bonchev–Trinajstić information content (AvgIpc) is 3.40. The second-order valence-corrected chi connectivity index (χ2v) is 17.6. The molecule has 18 heteroatoms. The normalized spacial score (nSPS) is 24.0. The number of fused-ring (bicyclic) bond motifs is 3. The minimum atomic E-state index is -6.14. The van der Waals surface area contributed by atoms with Gasteiger partial charge in [-0.1, -0.05) is 43.1 Å². The Labute approximate surface area is 336 Å². The van der Waals surface area contributed by atoms with Gasteiger partial charge in [0.1, 0.15) is 11.3 Å². The zero-order valence-electron chi connectivity index (χ0n) is 31.1. The molecule has 0 bridgehead atoms. The Balaban J connectivity index is 1.39. The Morgan fingerprint density at radius 1 is 1.02 bits per heavy atom. The SMILES string of the molecule is COC(=O)C1(N(C(=O)C(F)(F)F)c2cccc(Cl)c2)CCC2(CC1)c1cc(OS(=O)(=O)C(F)(F)F)c(Cl)cc1C[C@@H]2C[C@@H](C)COc1ccnc2c1[C@H](C)CCC2. The number of carbonyl (C=O) groups excluding carboxylic acids is 2. The minimum Gasteiger partial charge on any atom is -0.493 e. The van der Waals surface area contributed by atoms with Gasteiger partial charge in [-0.2, -0.15) is 34.8 Å². The van der Waals surface area contributed by atoms with Crippen molar-refractivity contribution in [2.24, 2.45) is 11.8 Å². The highest BCUT2D eigenvalue weighted by atomic mass is 35.5. The molecule has 3 atom stereocenters. The third-order valence-electron chi connectivity index (χ3n) is 11.7. The number of esters is 1. The van der Waals surface area contributed by atoms with Gasteiger partial charge in [0, 0.05) is 28.2 Å². The fraction of sp³-hybridized carbons (Fsp3) is 0.513. The number of halogens is 8. The number of aromatic nitrogens is 1. The molecule has 3 aliphatic carbocycles. The van der Waals surface area contributed by atoms with Crippen molar-refractivity contribution in [3.63, 3.8) is 0 Å². The van der Waals surface area contributed by atoms with Gasteiger partial charge in [0.05, 0.1) is 18.7 Å². The maximum atomic E-state index is 14.3. The summed E-state index contributed by atoms with van der Waals surface area (Å²) in [7, 11) is -5.15. The van der Waals surface area contributed by atoms with E-state index in [2.05, 4.69) is 16.1 Å². The molecule has 2 aromatic carbocycles. The number of benzene rings is 2. The quantitative estimate of drug-likeness (QED) is 0.0858. The van der Waals surface area contributed by atoms with E-state index in [9.17, 15) is 44.3 Å². The van der Waals surface area contributed by atoms with E-state index in [1.54, 1.807) is 6.20 Å². The molecule has 3 aromatic rings. The zero-order chi connectivity index (χ0) is 41.7. The van der Waals surface area contributed by atoms with Crippen LogP contribution in [0.15, 0.2) is 48.7 Å². The highest BCUT2D eigenvalue weighted by molar-refractivity contribution is 7.88. The molecule has 1 aromatic heterocycles. The lowest BCUT2D eigenvalue weighted by Gasteiger charge is -2.51. The lowest BCUT2D eigenvalue weighted by atomic mass is 9.59. The third-order valence-corrected chi connectivity index (χ3v) is 13.2. The second-order valence-electron chi connectivity index (χ2n) is 15.2. The first-order chi connectivity index (χ1) is 26.6. The molecule has 57 heavy (non-hydrogen) atoms. The van der Waals surface area contributed by atoms with E-state index in [-0.39, 0.29) is 60.8 Å². The first kappa shape index (κ1) is 42.8. The molecule has 6 rings (SSSR count). The summed E-state index contributed by atoms with van der Waals surface area (Å²) < 4.78 is 124. The molecular weight excluding hydrogens is 825 g/mol. The van der Waals surface area contributed by atoms with Gasteiger partial charge in [0.2, 0.25) is 0 Å². The van der Waals surface area contributed by atoms with Crippen LogP contribution in [0, 0.1) is 11.8 Å². The van der Waals surface area contributed by atoms with Crippen molar-refractivity contribution in [2.45, 2.75) is 100 Å². The predicted molar refractivity (Wildman–Crippen MR) is 199 cm³/mol. The Bertz CT molecular complexity index is 2140. The molecule has 1 heterocycles. The number of alkyl halides is 6. The van der Waals surface area contributed by atoms with Gasteiger partial charge in [-0.3, -0.25) is 14.7 Å². The molecule has 0 saturated heterocycles. The number of anilines is 1. The fourth-order valence-electron chi connectivity index (χ4n) is 9.10. The van der Waals surface area contributed by atoms with E-state index < -0.39 is 55.4 Å². The molecular formula is C39H40Cl2F6N2O7S. The summed E-state index contributed by atoms with van der Waals surface area (Å²) in [6.45, 7) is 4.33. The van der Waals surface area contributed by atoms with Crippen molar-refractivity contribution in [3.8, 4) is 11.5 Å². The number of nitrogens with zero attached hydrogens (tertiary/aromatic N) is 2. The number of hydrogen-bond acceptors (Lipinski definition) is 8. The standard InChI is InChI=1S/C39H40Cl2F6N2O7S/c1-22(21-55-31-10-15-48-30-9-4-6-23(2)33(30)31)16-25-17-24-18-29(41)32(56-57(52,53)39(45,46)47)20-28(24)36(25)11-13-37(14-12-36,35(51)54-3)49(34(50)38(42,43)44)27-8-5-7-26(40)19-27/h5,7-8,10,15,18-20,22-23,25H,4,6,9,11-14,16-17,21H2,1-3H3/t22-,23-,25+,36?,37?/m1/s1. The summed E-state index contributed by atoms with van der Waals surface area (Å²) in [5.41, 5.74) is -6.33. The van der Waals surface area contributed by atoms with E-state index in [1.807, 2.05) is 13.0 Å². The maximum absolute atomic E-state index is 14.3. The Kier molecular flexibility index (Phi) is 11.9. The van der Waals surface area contributed by atoms with E-state index in [0.717, 1.165) is 55.5 Å². The number of ether oxygens (including phenoxy) is 2. The van der Waals surface area contributed by atoms with Gasteiger partial charge >= 0.3 is 33.7 Å². The van der Waals surface area contributed by atoms with Crippen LogP contribution in [0.25, 0.3) is 0 Å². The molecule has 3 aliphatic rings. The van der Waals surface area contributed by atoms with Gasteiger partial charge in [0.15, 0.2) is 5.75 Å². The average molecular weight is 866 g/mol. The van der Waals surface area contributed by atoms with Crippen LogP contribution in [0.1, 0.15) is 87.1 Å². The van der Waals surface area contributed by atoms with Gasteiger partial charge in [-0.05, 0) is 128 Å². The van der Waals surface area contributed by atoms with Crippen molar-refractivity contribution >= 4 is 50.9 Å². The monoisotopic (exact) mass is 864 g/mol. The van der Waals surface area contributed by atoms with Crippen molar-refractivity contribution in [1.29, 1.82) is 0 Å². The molecule has 1 fully saturated rings. The summed E-state index contributed by atoms with van der Waals surface area (Å²) in [6.07, 6.45) is -1.03. The van der Waals surface area contributed by atoms with Crippen molar-refractivity contribution < 1.29 is 58.0 Å². The minimum absolute atomic E-state index is 0.000659. The van der Waals surface area contributed by atoms with Crippen LogP contribution in [0.5, 0.6) is 11.5 Å². The lowest BCUT2D eigenvalue weighted by molar-refractivity contribution is -0.174. The summed E-state index contributed by atoms with van der Waals surface area (Å²) in [5, 5.41) is -0.395. The topological polar surface area (TPSA) is 112 Å². The van der Waals surface area contributed by atoms with E-state index in [1.165, 1.54) is 24.3 Å². The second kappa shape index (κ2) is 15.8. The maximum Gasteiger partial charge on any atom is 0.534 e. The number of amides is 1. The molecule has 0 unspecified atom stereocenters. The van der Waals surface area contributed by atoms with Gasteiger partial charge < -0.3 is 13.7 Å². The van der Waals surface area contributed by atoms with Crippen LogP contribution in [0.4, 0.5) is 32.0 Å². The highest BCUT2D eigenvalue weighted by Gasteiger charge is 2.61. The number of aryl methyl sites for hydroxylation is 1. The Morgan fingerprint density at radius 2 is 1.72 bits per heavy atom. The highest BCUT2D eigenvalue weighted by Crippen LogP contribution is 2.59. The van der Waals surface area contributed by atoms with E-state index in [0.29, 0.717) is 28.9 Å². The van der Waals surface area contributed by atoms with Crippen LogP contribution in [0.3, 0.4) is 0 Å². The Hall–Kier alpha value is -3.76. The van der Waals surface area contributed by atoms with Crippen LogP contribution in [-0.2, 0) is 42.7 Å². The lowest BCUT2D eigenvalue weighted by Crippen LogP contribution is -2.63. The molecule has 0 N–H and O–H groups in total. The molecule has 1 saturated carbocycles. The van der Waals surface area contributed by atoms with Gasteiger partial charge in [-0.15, -0.1) is 0 Å². The summed E-state index contributed by atoms with van der Waals surface area (Å²) in [5.74, 6) is -3.75. The fourth-order valence-corrected chi connectivity index (χ4v) is 10.0. The van der Waals surface area contributed by atoms with Crippen molar-refractivity contribution in [1.82, 2.24) is 4.98 Å². The van der Waals surface area contributed by atoms with Crippen LogP contribution in [-0.4, -0.2) is 56.2 Å². The smallest absolute Gasteiger partial charge is 0.493 e. The van der Waals surface area contributed by atoms with Crippen LogP contribution < -0.4 is 13.8 Å². The summed E-state index contributed by atoms with van der Waals surface area (Å²) in [6, 6.07) is 9.35. The molecule has 310 valence electrons. The van der Waals surface area contributed by atoms with Crippen LogP contribution in [0.2, 0.25) is 10.0 Å². The summed E-state index contributed by atoms with van der Waals surface area (Å²) >= 11 is 12.5. The first-order valence-corrected chi connectivity index (χ1v) is 20.5. The zero-order valence-corrected chi connectivity index (χ0v) is 33.4. The molecule has 1 amide bonds. The number of pyridine rings is 1. The van der Waals surface area contributed by atoms with Gasteiger partial charge in [0.25, 0.3) is 0 Å². The number of methoxy groups -OCH3 is 1. The summed E-state index contributed by atoms with van der Waals surface area (Å²) in [4.78, 5) is 32.0. The largest absolute Gasteiger partial charge is 0.534 e. The molecule has 0 radical (unpaired) electrons. The number of hydrogen-bond donors (Lipinski definition) is 0. The van der Waals surface area contributed by atoms with E-state index in [4.69, 9.17) is 32.7 Å². The number of carbonyl (C=O) groups is 2. The third kappa shape index (κ3) is 8.14. The van der Waals surface area contributed by atoms with Crippen LogP contribution >= 0.6 is 23.2 Å². The predicted octanol–water partition coefficient (Wildman–Crippen LogP) is 9.65. The van der Waals surface area contributed by atoms with Crippen molar-refractivity contribution in [3.05, 3.63) is 81.1 Å².